The zero-order valence-electron chi connectivity index (χ0n) is 17.2. The van der Waals surface area contributed by atoms with Gasteiger partial charge >= 0.3 is 4.87 Å². The normalized spacial score (nSPS) is 11.7. The lowest BCUT2D eigenvalue weighted by atomic mass is 10.1. The molecule has 0 unspecified atom stereocenters. The molecule has 1 aromatic heterocycles. The number of ether oxygens (including phenoxy) is 1. The molecule has 4 rings (SSSR count). The van der Waals surface area contributed by atoms with E-state index in [0.717, 1.165) is 28.2 Å². The molecular weight excluding hydrogens is 468 g/mol. The second-order valence-corrected chi connectivity index (χ2v) is 10.3. The van der Waals surface area contributed by atoms with Crippen molar-refractivity contribution >= 4 is 43.2 Å². The lowest BCUT2D eigenvalue weighted by Gasteiger charge is -2.09. The molecule has 0 spiro atoms. The van der Waals surface area contributed by atoms with Crippen LogP contribution in [0.3, 0.4) is 0 Å². The Balaban J connectivity index is 1.51. The molecule has 32 heavy (non-hydrogen) atoms. The van der Waals surface area contributed by atoms with Crippen LogP contribution in [0.1, 0.15) is 11.1 Å². The van der Waals surface area contributed by atoms with E-state index in [1.54, 1.807) is 29.9 Å². The fourth-order valence-electron chi connectivity index (χ4n) is 3.37. The van der Waals surface area contributed by atoms with Crippen LogP contribution in [0.25, 0.3) is 10.2 Å². The van der Waals surface area contributed by atoms with E-state index in [9.17, 15) is 13.2 Å². The Kier molecular flexibility index (Phi) is 6.66. The number of sulfonamides is 1. The highest BCUT2D eigenvalue weighted by Crippen LogP contribution is 2.24. The van der Waals surface area contributed by atoms with Gasteiger partial charge in [0, 0.05) is 11.6 Å². The first kappa shape index (κ1) is 22.5. The topological polar surface area (TPSA) is 77.4 Å². The van der Waals surface area contributed by atoms with Crippen LogP contribution in [0.4, 0.5) is 0 Å². The quantitative estimate of drug-likeness (QED) is 0.401. The number of halogens is 1. The van der Waals surface area contributed by atoms with Gasteiger partial charge in [-0.15, -0.1) is 0 Å². The molecule has 0 atom stereocenters. The summed E-state index contributed by atoms with van der Waals surface area (Å²) in [6.07, 6.45) is 0.549. The molecule has 1 heterocycles. The van der Waals surface area contributed by atoms with Gasteiger partial charge in [-0.1, -0.05) is 53.3 Å². The molecule has 0 radical (unpaired) electrons. The summed E-state index contributed by atoms with van der Waals surface area (Å²) in [6, 6.07) is 19.6. The highest BCUT2D eigenvalue weighted by molar-refractivity contribution is 7.89. The number of nitrogens with zero attached hydrogens (tertiary/aromatic N) is 1. The second-order valence-electron chi connectivity index (χ2n) is 7.17. The van der Waals surface area contributed by atoms with Gasteiger partial charge in [0.1, 0.15) is 5.75 Å². The SMILES string of the molecule is COc1ccc(CCNS(=O)(=O)c2ccc3c(c2)sc(=O)n3Cc2ccccc2Cl)cc1. The van der Waals surface area contributed by atoms with Crippen LogP contribution in [0.15, 0.2) is 76.4 Å². The Morgan fingerprint density at radius 2 is 1.81 bits per heavy atom. The van der Waals surface area contributed by atoms with Gasteiger partial charge in [0.15, 0.2) is 0 Å². The number of methoxy groups -OCH3 is 1. The number of nitrogens with one attached hydrogen (secondary N) is 1. The minimum Gasteiger partial charge on any atom is -0.497 e. The Morgan fingerprint density at radius 1 is 1.06 bits per heavy atom. The van der Waals surface area contributed by atoms with Crippen LogP contribution in [0.2, 0.25) is 5.02 Å². The Labute approximate surface area is 195 Å². The average molecular weight is 489 g/mol. The molecule has 4 aromatic rings. The van der Waals surface area contributed by atoms with Crippen LogP contribution in [-0.2, 0) is 23.0 Å². The first-order chi connectivity index (χ1) is 15.4. The highest BCUT2D eigenvalue weighted by Gasteiger charge is 2.17. The number of fused-ring (bicyclic) bond motifs is 1. The van der Waals surface area contributed by atoms with Gasteiger partial charge in [0.05, 0.1) is 28.8 Å². The Hall–Kier alpha value is -2.65. The van der Waals surface area contributed by atoms with Gasteiger partial charge in [-0.2, -0.15) is 0 Å². The van der Waals surface area contributed by atoms with Crippen LogP contribution < -0.4 is 14.3 Å². The zero-order valence-corrected chi connectivity index (χ0v) is 19.6. The van der Waals surface area contributed by atoms with Gasteiger partial charge in [0.25, 0.3) is 0 Å². The summed E-state index contributed by atoms with van der Waals surface area (Å²) in [5.74, 6) is 0.753. The van der Waals surface area contributed by atoms with Crippen molar-refractivity contribution in [1.82, 2.24) is 9.29 Å². The number of benzene rings is 3. The number of rotatable bonds is 8. The molecular formula is C23H21ClN2O4S2. The van der Waals surface area contributed by atoms with Crippen LogP contribution in [0, 0.1) is 0 Å². The van der Waals surface area contributed by atoms with Gasteiger partial charge in [-0.05, 0) is 53.9 Å². The summed E-state index contributed by atoms with van der Waals surface area (Å²) < 4.78 is 35.5. The average Bonchev–Trinajstić information content (AvgIpc) is 3.10. The van der Waals surface area contributed by atoms with E-state index in [-0.39, 0.29) is 16.3 Å². The van der Waals surface area contributed by atoms with E-state index in [0.29, 0.717) is 28.2 Å². The fourth-order valence-corrected chi connectivity index (χ4v) is 5.62. The van der Waals surface area contributed by atoms with Crippen LogP contribution in [0.5, 0.6) is 5.75 Å². The third-order valence-electron chi connectivity index (χ3n) is 5.10. The summed E-state index contributed by atoms with van der Waals surface area (Å²) in [4.78, 5) is 12.5. The van der Waals surface area contributed by atoms with E-state index >= 15 is 0 Å². The molecule has 0 saturated heterocycles. The third-order valence-corrected chi connectivity index (χ3v) is 7.87. The predicted octanol–water partition coefficient (Wildman–Crippen LogP) is 4.29. The lowest BCUT2D eigenvalue weighted by molar-refractivity contribution is 0.414. The van der Waals surface area contributed by atoms with Crippen LogP contribution >= 0.6 is 22.9 Å². The maximum absolute atomic E-state index is 12.8. The molecule has 0 amide bonds. The van der Waals surface area contributed by atoms with Crippen LogP contribution in [-0.4, -0.2) is 26.6 Å². The summed E-state index contributed by atoms with van der Waals surface area (Å²) in [6.45, 7) is 0.584. The highest BCUT2D eigenvalue weighted by atomic mass is 35.5. The molecule has 0 saturated carbocycles. The van der Waals surface area contributed by atoms with Gasteiger partial charge in [-0.3, -0.25) is 9.36 Å². The van der Waals surface area contributed by atoms with Gasteiger partial charge < -0.3 is 4.74 Å². The van der Waals surface area contributed by atoms with Crippen molar-refractivity contribution in [2.45, 2.75) is 17.9 Å². The third kappa shape index (κ3) is 4.88. The monoisotopic (exact) mass is 488 g/mol. The summed E-state index contributed by atoms with van der Waals surface area (Å²) in [5, 5.41) is 0.582. The Morgan fingerprint density at radius 3 is 2.53 bits per heavy atom. The molecule has 0 aliphatic carbocycles. The molecule has 166 valence electrons. The molecule has 0 fully saturated rings. The minimum atomic E-state index is -3.70. The van der Waals surface area contributed by atoms with Crippen molar-refractivity contribution in [3.63, 3.8) is 0 Å². The molecule has 0 aliphatic rings. The standard InChI is InChI=1S/C23H21ClN2O4S2/c1-30-18-8-6-16(7-9-18)12-13-25-32(28,29)19-10-11-21-22(14-19)31-23(27)26(21)15-17-4-2-3-5-20(17)24/h2-11,14,25H,12-13,15H2,1H3. The van der Waals surface area contributed by atoms with Crippen molar-refractivity contribution in [3.8, 4) is 5.75 Å². The molecule has 6 nitrogen and oxygen atoms in total. The van der Waals surface area contributed by atoms with E-state index in [2.05, 4.69) is 4.72 Å². The fraction of sp³-hybridized carbons (Fsp3) is 0.174. The molecule has 0 aliphatic heterocycles. The number of hydrogen-bond acceptors (Lipinski definition) is 5. The van der Waals surface area contributed by atoms with Crippen molar-refractivity contribution in [2.75, 3.05) is 13.7 Å². The Bertz CT molecular complexity index is 1410. The van der Waals surface area contributed by atoms with E-state index in [1.165, 1.54) is 6.07 Å². The summed E-state index contributed by atoms with van der Waals surface area (Å²) in [7, 11) is -2.11. The summed E-state index contributed by atoms with van der Waals surface area (Å²) >= 11 is 7.25. The number of aromatic nitrogens is 1. The molecule has 3 aromatic carbocycles. The van der Waals surface area contributed by atoms with Gasteiger partial charge in [-0.25, -0.2) is 13.1 Å². The zero-order chi connectivity index (χ0) is 22.7. The van der Waals surface area contributed by atoms with Crippen molar-refractivity contribution in [2.24, 2.45) is 0 Å². The molecule has 0 bridgehead atoms. The predicted molar refractivity (Wildman–Crippen MR) is 129 cm³/mol. The first-order valence-corrected chi connectivity index (χ1v) is 12.5. The first-order valence-electron chi connectivity index (χ1n) is 9.87. The van der Waals surface area contributed by atoms with Gasteiger partial charge in [0.2, 0.25) is 10.0 Å². The molecule has 9 heteroatoms. The van der Waals surface area contributed by atoms with E-state index in [1.807, 2.05) is 42.5 Å². The minimum absolute atomic E-state index is 0.130. The number of hydrogen-bond donors (Lipinski definition) is 1. The maximum atomic E-state index is 12.8. The lowest BCUT2D eigenvalue weighted by Crippen LogP contribution is -2.26. The molecule has 1 N–H and O–H groups in total. The largest absolute Gasteiger partial charge is 0.497 e. The van der Waals surface area contributed by atoms with Crippen molar-refractivity contribution in [3.05, 3.63) is 92.5 Å². The maximum Gasteiger partial charge on any atom is 0.308 e. The second kappa shape index (κ2) is 9.46. The number of thiazole rings is 1. The van der Waals surface area contributed by atoms with E-state index in [4.69, 9.17) is 16.3 Å². The van der Waals surface area contributed by atoms with Crippen molar-refractivity contribution in [1.29, 1.82) is 0 Å². The summed E-state index contributed by atoms with van der Waals surface area (Å²) in [5.41, 5.74) is 2.50. The van der Waals surface area contributed by atoms with E-state index < -0.39 is 10.0 Å². The van der Waals surface area contributed by atoms with Crippen molar-refractivity contribution < 1.29 is 13.2 Å². The smallest absolute Gasteiger partial charge is 0.308 e.